The van der Waals surface area contributed by atoms with Crippen LogP contribution in [-0.2, 0) is 0 Å². The molecule has 0 spiro atoms. The molecule has 2 heteroatoms. The van der Waals surface area contributed by atoms with E-state index in [-0.39, 0.29) is 6.10 Å². The zero-order chi connectivity index (χ0) is 13.3. The zero-order valence-corrected chi connectivity index (χ0v) is 12.6. The van der Waals surface area contributed by atoms with Gasteiger partial charge in [-0.25, -0.2) is 0 Å². The fourth-order valence-corrected chi connectivity index (χ4v) is 3.92. The van der Waals surface area contributed by atoms with Crippen molar-refractivity contribution in [2.75, 3.05) is 0 Å². The Kier molecular flexibility index (Phi) is 4.38. The minimum absolute atomic E-state index is 0.0774. The first-order chi connectivity index (χ1) is 8.38. The lowest BCUT2D eigenvalue weighted by atomic mass is 9.66. The van der Waals surface area contributed by atoms with Crippen molar-refractivity contribution < 1.29 is 5.11 Å². The number of hydrogen-bond acceptors (Lipinski definition) is 2. The van der Waals surface area contributed by atoms with Gasteiger partial charge in [0, 0.05) is 18.0 Å². The molecule has 0 radical (unpaired) electrons. The summed E-state index contributed by atoms with van der Waals surface area (Å²) in [5.74, 6) is 1.25. The third-order valence-electron chi connectivity index (χ3n) is 5.25. The van der Waals surface area contributed by atoms with Crippen molar-refractivity contribution in [3.8, 4) is 0 Å². The fraction of sp³-hybridized carbons (Fsp3) is 1.00. The van der Waals surface area contributed by atoms with Gasteiger partial charge >= 0.3 is 0 Å². The molecular weight excluding hydrogens is 222 g/mol. The largest absolute Gasteiger partial charge is 0.393 e. The van der Waals surface area contributed by atoms with E-state index in [1.165, 1.54) is 32.1 Å². The van der Waals surface area contributed by atoms with Gasteiger partial charge in [0.05, 0.1) is 6.10 Å². The Morgan fingerprint density at radius 3 is 2.39 bits per heavy atom. The highest BCUT2D eigenvalue weighted by Crippen LogP contribution is 2.42. The Bertz CT molecular complexity index is 271. The maximum absolute atomic E-state index is 10.4. The predicted molar refractivity (Wildman–Crippen MR) is 76.5 cm³/mol. The Hall–Kier alpha value is -0.0800. The van der Waals surface area contributed by atoms with Gasteiger partial charge in [-0.3, -0.25) is 0 Å². The molecule has 0 aromatic heterocycles. The molecule has 2 nitrogen and oxygen atoms in total. The lowest BCUT2D eigenvalue weighted by molar-refractivity contribution is -0.00454. The summed E-state index contributed by atoms with van der Waals surface area (Å²) in [6.07, 6.45) is 7.19. The van der Waals surface area contributed by atoms with E-state index in [0.717, 1.165) is 12.3 Å². The van der Waals surface area contributed by atoms with Crippen LogP contribution in [0, 0.1) is 17.3 Å². The van der Waals surface area contributed by atoms with Crippen molar-refractivity contribution in [3.05, 3.63) is 0 Å². The predicted octanol–water partition coefficient (Wildman–Crippen LogP) is 3.34. The molecule has 1 aliphatic heterocycles. The summed E-state index contributed by atoms with van der Waals surface area (Å²) in [7, 11) is 0. The van der Waals surface area contributed by atoms with Crippen LogP contribution < -0.4 is 5.32 Å². The van der Waals surface area contributed by atoms with Gasteiger partial charge in [-0.15, -0.1) is 0 Å². The van der Waals surface area contributed by atoms with E-state index in [9.17, 15) is 5.11 Å². The molecule has 0 amide bonds. The second-order valence-corrected chi connectivity index (χ2v) is 7.71. The molecule has 1 saturated carbocycles. The summed E-state index contributed by atoms with van der Waals surface area (Å²) in [4.78, 5) is 0. The molecule has 1 aliphatic carbocycles. The molecule has 2 rings (SSSR count). The number of piperidine rings is 1. The van der Waals surface area contributed by atoms with E-state index >= 15 is 0 Å². The van der Waals surface area contributed by atoms with Gasteiger partial charge in [-0.05, 0) is 50.4 Å². The molecule has 5 unspecified atom stereocenters. The lowest BCUT2D eigenvalue weighted by Crippen LogP contribution is -2.51. The lowest BCUT2D eigenvalue weighted by Gasteiger charge is -2.45. The highest BCUT2D eigenvalue weighted by molar-refractivity contribution is 4.93. The molecule has 5 atom stereocenters. The smallest absolute Gasteiger partial charge is 0.0583 e. The van der Waals surface area contributed by atoms with Gasteiger partial charge in [-0.1, -0.05) is 27.2 Å². The van der Waals surface area contributed by atoms with Crippen LogP contribution in [0.3, 0.4) is 0 Å². The van der Waals surface area contributed by atoms with Crippen molar-refractivity contribution in [1.29, 1.82) is 0 Å². The van der Waals surface area contributed by atoms with Crippen LogP contribution in [0.2, 0.25) is 0 Å². The maximum Gasteiger partial charge on any atom is 0.0583 e. The van der Waals surface area contributed by atoms with Gasteiger partial charge in [0.15, 0.2) is 0 Å². The van der Waals surface area contributed by atoms with Crippen LogP contribution >= 0.6 is 0 Å². The van der Waals surface area contributed by atoms with E-state index in [2.05, 4.69) is 33.0 Å². The molecule has 1 saturated heterocycles. The van der Waals surface area contributed by atoms with Gasteiger partial charge in [-0.2, -0.15) is 0 Å². The van der Waals surface area contributed by atoms with Gasteiger partial charge in [0.2, 0.25) is 0 Å². The number of hydrogen-bond donors (Lipinski definition) is 2. The Balaban J connectivity index is 2.01. The van der Waals surface area contributed by atoms with Crippen LogP contribution in [0.5, 0.6) is 0 Å². The zero-order valence-electron chi connectivity index (χ0n) is 12.6. The second kappa shape index (κ2) is 5.50. The molecule has 0 aromatic carbocycles. The van der Waals surface area contributed by atoms with E-state index < -0.39 is 0 Å². The van der Waals surface area contributed by atoms with E-state index in [4.69, 9.17) is 0 Å². The van der Waals surface area contributed by atoms with Crippen LogP contribution in [0.1, 0.15) is 66.2 Å². The van der Waals surface area contributed by atoms with E-state index in [1.807, 2.05) is 0 Å². The summed E-state index contributed by atoms with van der Waals surface area (Å²) in [6, 6.07) is 1.18. The van der Waals surface area contributed by atoms with Crippen molar-refractivity contribution >= 4 is 0 Å². The van der Waals surface area contributed by atoms with E-state index in [1.54, 1.807) is 0 Å². The highest BCUT2D eigenvalue weighted by atomic mass is 16.3. The molecule has 0 aromatic rings. The minimum atomic E-state index is -0.0774. The first-order valence-electron chi connectivity index (χ1n) is 7.82. The summed E-state index contributed by atoms with van der Waals surface area (Å²) in [5.41, 5.74) is 0.388. The molecule has 106 valence electrons. The van der Waals surface area contributed by atoms with Crippen LogP contribution in [-0.4, -0.2) is 23.3 Å². The summed E-state index contributed by atoms with van der Waals surface area (Å²) in [6.45, 7) is 9.33. The molecule has 1 heterocycles. The molecule has 18 heavy (non-hydrogen) atoms. The molecule has 2 aliphatic rings. The number of aliphatic hydroxyl groups is 1. The summed E-state index contributed by atoms with van der Waals surface area (Å²) in [5, 5.41) is 14.1. The Labute approximate surface area is 113 Å². The number of nitrogens with one attached hydrogen (secondary N) is 1. The third kappa shape index (κ3) is 3.27. The second-order valence-electron chi connectivity index (χ2n) is 7.71. The average Bonchev–Trinajstić information content (AvgIpc) is 2.28. The Morgan fingerprint density at radius 2 is 1.78 bits per heavy atom. The first-order valence-corrected chi connectivity index (χ1v) is 7.82. The summed E-state index contributed by atoms with van der Waals surface area (Å²) >= 11 is 0. The van der Waals surface area contributed by atoms with Crippen molar-refractivity contribution in [2.24, 2.45) is 17.3 Å². The third-order valence-corrected chi connectivity index (χ3v) is 5.25. The van der Waals surface area contributed by atoms with Gasteiger partial charge in [0.1, 0.15) is 0 Å². The normalized spacial score (nSPS) is 42.8. The van der Waals surface area contributed by atoms with E-state index in [0.29, 0.717) is 23.4 Å². The van der Waals surface area contributed by atoms with Gasteiger partial charge in [0.25, 0.3) is 0 Å². The minimum Gasteiger partial charge on any atom is -0.393 e. The monoisotopic (exact) mass is 253 g/mol. The van der Waals surface area contributed by atoms with Gasteiger partial charge < -0.3 is 10.4 Å². The number of rotatable bonds is 1. The van der Waals surface area contributed by atoms with Crippen molar-refractivity contribution in [2.45, 2.75) is 84.4 Å². The standard InChI is InChI=1S/C16H31NO/c1-11-6-5-7-14(17-11)13-10-12(16(2,3)4)8-9-15(13)18/h11-15,17-18H,5-10H2,1-4H3. The van der Waals surface area contributed by atoms with Crippen LogP contribution in [0.25, 0.3) is 0 Å². The fourth-order valence-electron chi connectivity index (χ4n) is 3.92. The SMILES string of the molecule is CC1CCCC(C2CC(C(C)(C)C)CCC2O)N1. The topological polar surface area (TPSA) is 32.3 Å². The quantitative estimate of drug-likeness (QED) is 0.751. The first kappa shape index (κ1) is 14.3. The van der Waals surface area contributed by atoms with Crippen molar-refractivity contribution in [3.63, 3.8) is 0 Å². The van der Waals surface area contributed by atoms with Crippen LogP contribution in [0.15, 0.2) is 0 Å². The van der Waals surface area contributed by atoms with Crippen LogP contribution in [0.4, 0.5) is 0 Å². The molecule has 2 fully saturated rings. The molecular formula is C16H31NO. The number of aliphatic hydroxyl groups excluding tert-OH is 1. The molecule has 0 bridgehead atoms. The maximum atomic E-state index is 10.4. The molecule has 2 N–H and O–H groups in total. The van der Waals surface area contributed by atoms with Crippen molar-refractivity contribution in [1.82, 2.24) is 5.32 Å². The summed E-state index contributed by atoms with van der Waals surface area (Å²) < 4.78 is 0. The Morgan fingerprint density at radius 1 is 1.06 bits per heavy atom. The average molecular weight is 253 g/mol. The highest BCUT2D eigenvalue weighted by Gasteiger charge is 2.39.